The van der Waals surface area contributed by atoms with Gasteiger partial charge in [0.25, 0.3) is 0 Å². The summed E-state index contributed by atoms with van der Waals surface area (Å²) in [6.07, 6.45) is 6.03. The third-order valence-electron chi connectivity index (χ3n) is 2.08. The second-order valence-corrected chi connectivity index (χ2v) is 2.95. The van der Waals surface area contributed by atoms with Gasteiger partial charge in [-0.1, -0.05) is 6.08 Å². The molecule has 2 rings (SSSR count). The third kappa shape index (κ3) is 0.838. The van der Waals surface area contributed by atoms with Crippen LogP contribution in [0.5, 0.6) is 0 Å². The predicted octanol–water partition coefficient (Wildman–Crippen LogP) is 1.44. The fourth-order valence-electron chi connectivity index (χ4n) is 1.60. The number of allylic oxidation sites excluding steroid dienone is 1. The fraction of sp³-hybridized carbons (Fsp3) is 0.625. The number of amidine groups is 1. The van der Waals surface area contributed by atoms with E-state index in [0.29, 0.717) is 6.04 Å². The molecule has 0 fully saturated rings. The number of aliphatic imine (C=N–C) groups is 1. The first-order valence-corrected chi connectivity index (χ1v) is 3.88. The molecule has 10 heavy (non-hydrogen) atoms. The first kappa shape index (κ1) is 5.96. The van der Waals surface area contributed by atoms with Gasteiger partial charge in [-0.2, -0.15) is 0 Å². The molecule has 1 heterocycles. The zero-order chi connectivity index (χ0) is 6.97. The Labute approximate surface area is 61.0 Å². The number of nitrogens with one attached hydrogen (secondary N) is 1. The number of hydrogen-bond donors (Lipinski definition) is 1. The van der Waals surface area contributed by atoms with Gasteiger partial charge in [0.1, 0.15) is 0 Å². The van der Waals surface area contributed by atoms with Gasteiger partial charge in [0.05, 0.1) is 11.9 Å². The lowest BCUT2D eigenvalue weighted by Gasteiger charge is -2.13. The van der Waals surface area contributed by atoms with E-state index in [1.807, 2.05) is 6.92 Å². The lowest BCUT2D eigenvalue weighted by atomic mass is 10.0. The monoisotopic (exact) mass is 136 g/mol. The van der Waals surface area contributed by atoms with Gasteiger partial charge >= 0.3 is 0 Å². The SMILES string of the molecule is CC1=NC2CCCC=C2N1. The van der Waals surface area contributed by atoms with Crippen molar-refractivity contribution in [2.24, 2.45) is 4.99 Å². The molecule has 0 aromatic rings. The van der Waals surface area contributed by atoms with Crippen LogP contribution in [0.1, 0.15) is 26.2 Å². The van der Waals surface area contributed by atoms with Crippen LogP contribution < -0.4 is 5.32 Å². The molecular formula is C8H12N2. The summed E-state index contributed by atoms with van der Waals surface area (Å²) in [5, 5.41) is 3.27. The second-order valence-electron chi connectivity index (χ2n) is 2.95. The van der Waals surface area contributed by atoms with Crippen molar-refractivity contribution in [3.05, 3.63) is 11.8 Å². The van der Waals surface area contributed by atoms with Crippen LogP contribution in [0.4, 0.5) is 0 Å². The first-order chi connectivity index (χ1) is 4.86. The van der Waals surface area contributed by atoms with E-state index in [-0.39, 0.29) is 0 Å². The van der Waals surface area contributed by atoms with Crippen LogP contribution in [-0.2, 0) is 0 Å². The summed E-state index contributed by atoms with van der Waals surface area (Å²) in [5.41, 5.74) is 1.34. The lowest BCUT2D eigenvalue weighted by molar-refractivity contribution is 0.620. The van der Waals surface area contributed by atoms with Crippen molar-refractivity contribution in [1.29, 1.82) is 0 Å². The highest BCUT2D eigenvalue weighted by molar-refractivity contribution is 5.84. The third-order valence-corrected chi connectivity index (χ3v) is 2.08. The molecule has 2 aliphatic rings. The summed E-state index contributed by atoms with van der Waals surface area (Å²) >= 11 is 0. The molecule has 0 saturated carbocycles. The Hall–Kier alpha value is -0.790. The Balaban J connectivity index is 2.23. The molecular weight excluding hydrogens is 124 g/mol. The molecule has 1 unspecified atom stereocenters. The maximum Gasteiger partial charge on any atom is 0.0981 e. The van der Waals surface area contributed by atoms with E-state index in [1.54, 1.807) is 0 Å². The first-order valence-electron chi connectivity index (χ1n) is 3.88. The molecule has 2 nitrogen and oxygen atoms in total. The smallest absolute Gasteiger partial charge is 0.0981 e. The van der Waals surface area contributed by atoms with E-state index < -0.39 is 0 Å². The van der Waals surface area contributed by atoms with Gasteiger partial charge in [-0.25, -0.2) is 0 Å². The molecule has 0 bridgehead atoms. The predicted molar refractivity (Wildman–Crippen MR) is 42.0 cm³/mol. The van der Waals surface area contributed by atoms with Crippen molar-refractivity contribution in [3.63, 3.8) is 0 Å². The van der Waals surface area contributed by atoms with E-state index in [9.17, 15) is 0 Å². The van der Waals surface area contributed by atoms with Crippen LogP contribution in [0.3, 0.4) is 0 Å². The average molecular weight is 136 g/mol. The van der Waals surface area contributed by atoms with E-state index in [2.05, 4.69) is 16.4 Å². The highest BCUT2D eigenvalue weighted by Crippen LogP contribution is 2.22. The molecule has 54 valence electrons. The van der Waals surface area contributed by atoms with Crippen molar-refractivity contribution in [2.75, 3.05) is 0 Å². The standard InChI is InChI=1S/C8H12N2/c1-6-9-7-4-2-3-5-8(7)10-6/h4,8H,2-3,5H2,1H3,(H,9,10). The molecule has 0 radical (unpaired) electrons. The number of hydrogen-bond acceptors (Lipinski definition) is 2. The van der Waals surface area contributed by atoms with E-state index in [1.165, 1.54) is 25.0 Å². The van der Waals surface area contributed by atoms with E-state index in [4.69, 9.17) is 0 Å². The molecule has 1 aliphatic heterocycles. The molecule has 0 saturated heterocycles. The Bertz CT molecular complexity index is 203. The molecule has 1 N–H and O–H groups in total. The summed E-state index contributed by atoms with van der Waals surface area (Å²) in [6.45, 7) is 2.03. The topological polar surface area (TPSA) is 24.4 Å². The van der Waals surface area contributed by atoms with Crippen molar-refractivity contribution in [3.8, 4) is 0 Å². The zero-order valence-corrected chi connectivity index (χ0v) is 6.22. The van der Waals surface area contributed by atoms with Gasteiger partial charge in [0.2, 0.25) is 0 Å². The van der Waals surface area contributed by atoms with E-state index >= 15 is 0 Å². The summed E-state index contributed by atoms with van der Waals surface area (Å²) in [6, 6.07) is 0.480. The van der Waals surface area contributed by atoms with Gasteiger partial charge in [0.15, 0.2) is 0 Å². The lowest BCUT2D eigenvalue weighted by Crippen LogP contribution is -2.18. The minimum absolute atomic E-state index is 0.480. The highest BCUT2D eigenvalue weighted by atomic mass is 15.1. The van der Waals surface area contributed by atoms with Crippen LogP contribution in [0.15, 0.2) is 16.8 Å². The largest absolute Gasteiger partial charge is 0.346 e. The number of fused-ring (bicyclic) bond motifs is 1. The fourth-order valence-corrected chi connectivity index (χ4v) is 1.60. The number of rotatable bonds is 0. The minimum atomic E-state index is 0.480. The van der Waals surface area contributed by atoms with Crippen LogP contribution in [0.25, 0.3) is 0 Å². The molecule has 1 aliphatic carbocycles. The van der Waals surface area contributed by atoms with Crippen molar-refractivity contribution in [1.82, 2.24) is 5.32 Å². The van der Waals surface area contributed by atoms with Crippen LogP contribution in [-0.4, -0.2) is 11.9 Å². The summed E-state index contributed by atoms with van der Waals surface area (Å²) in [5.74, 6) is 1.08. The molecule has 0 aromatic carbocycles. The van der Waals surface area contributed by atoms with Gasteiger partial charge in [-0.05, 0) is 26.2 Å². The van der Waals surface area contributed by atoms with Crippen molar-refractivity contribution >= 4 is 5.84 Å². The molecule has 1 atom stereocenters. The summed E-state index contributed by atoms with van der Waals surface area (Å²) in [4.78, 5) is 4.45. The van der Waals surface area contributed by atoms with Gasteiger partial charge in [0, 0.05) is 5.70 Å². The molecule has 0 spiro atoms. The molecule has 2 heteroatoms. The number of nitrogens with zero attached hydrogens (tertiary/aromatic N) is 1. The Kier molecular flexibility index (Phi) is 1.26. The van der Waals surface area contributed by atoms with Gasteiger partial charge in [-0.15, -0.1) is 0 Å². The van der Waals surface area contributed by atoms with Crippen LogP contribution in [0.2, 0.25) is 0 Å². The summed E-state index contributed by atoms with van der Waals surface area (Å²) in [7, 11) is 0. The Morgan fingerprint density at radius 2 is 2.60 bits per heavy atom. The van der Waals surface area contributed by atoms with E-state index in [0.717, 1.165) is 5.84 Å². The van der Waals surface area contributed by atoms with Crippen molar-refractivity contribution in [2.45, 2.75) is 32.2 Å². The maximum absolute atomic E-state index is 4.45. The second kappa shape index (κ2) is 2.11. The minimum Gasteiger partial charge on any atom is -0.346 e. The highest BCUT2D eigenvalue weighted by Gasteiger charge is 2.21. The Morgan fingerprint density at radius 1 is 1.70 bits per heavy atom. The maximum atomic E-state index is 4.45. The van der Waals surface area contributed by atoms with Crippen molar-refractivity contribution < 1.29 is 0 Å². The van der Waals surface area contributed by atoms with Crippen LogP contribution >= 0.6 is 0 Å². The normalized spacial score (nSPS) is 30.3. The van der Waals surface area contributed by atoms with Gasteiger partial charge in [-0.3, -0.25) is 4.99 Å². The van der Waals surface area contributed by atoms with Gasteiger partial charge < -0.3 is 5.32 Å². The Morgan fingerprint density at radius 3 is 3.40 bits per heavy atom. The molecule has 0 amide bonds. The quantitative estimate of drug-likeness (QED) is 0.535. The van der Waals surface area contributed by atoms with Crippen LogP contribution in [0, 0.1) is 0 Å². The zero-order valence-electron chi connectivity index (χ0n) is 6.22. The molecule has 0 aromatic heterocycles. The average Bonchev–Trinajstić information content (AvgIpc) is 2.27. The summed E-state index contributed by atoms with van der Waals surface area (Å²) < 4.78 is 0.